The molecule has 2 aromatic carbocycles. The number of nitrogens with zero attached hydrogens (tertiary/aromatic N) is 1. The lowest BCUT2D eigenvalue weighted by Gasteiger charge is -2.11. The van der Waals surface area contributed by atoms with E-state index in [-0.39, 0.29) is 5.78 Å². The van der Waals surface area contributed by atoms with Crippen molar-refractivity contribution < 1.29 is 4.79 Å². The molecule has 0 radical (unpaired) electrons. The number of ketones is 1. The molecule has 0 spiro atoms. The van der Waals surface area contributed by atoms with Gasteiger partial charge in [-0.25, -0.2) is 0 Å². The Kier molecular flexibility index (Phi) is 4.20. The third-order valence-electron chi connectivity index (χ3n) is 3.06. The van der Waals surface area contributed by atoms with Crippen LogP contribution >= 0.6 is 0 Å². The lowest BCUT2D eigenvalue weighted by Crippen LogP contribution is -2.07. The molecule has 0 aromatic heterocycles. The quantitative estimate of drug-likeness (QED) is 0.525. The summed E-state index contributed by atoms with van der Waals surface area (Å²) >= 11 is 0. The molecule has 0 saturated heterocycles. The van der Waals surface area contributed by atoms with Crippen molar-refractivity contribution in [2.75, 3.05) is 24.7 Å². The molecule has 102 valence electrons. The number of benzene rings is 2. The van der Waals surface area contributed by atoms with Crippen molar-refractivity contribution in [2.24, 2.45) is 0 Å². The van der Waals surface area contributed by atoms with Crippen LogP contribution in [0, 0.1) is 0 Å². The van der Waals surface area contributed by atoms with Crippen LogP contribution < -0.4 is 10.6 Å². The molecule has 0 unspecified atom stereocenters. The van der Waals surface area contributed by atoms with Crippen molar-refractivity contribution in [1.82, 2.24) is 0 Å². The Bertz CT molecular complexity index is 628. The molecule has 0 heterocycles. The standard InChI is InChI=1S/C17H18N2O/c1-19(2)14-10-7-13(8-11-14)9-12-17(20)15-5-3-4-6-16(15)18/h3-12H,18H2,1-2H3/b12-9+. The number of para-hydroxylation sites is 1. The third kappa shape index (κ3) is 3.26. The molecule has 0 fully saturated rings. The first kappa shape index (κ1) is 13.9. The number of carbonyl (C=O) groups excluding carboxylic acids is 1. The van der Waals surface area contributed by atoms with E-state index in [1.165, 1.54) is 0 Å². The Balaban J connectivity index is 2.13. The number of allylic oxidation sites excluding steroid dienone is 1. The molecule has 0 amide bonds. The second-order valence-electron chi connectivity index (χ2n) is 4.77. The molecule has 0 atom stereocenters. The highest BCUT2D eigenvalue weighted by Gasteiger charge is 2.04. The Hall–Kier alpha value is -2.55. The van der Waals surface area contributed by atoms with Crippen molar-refractivity contribution in [3.63, 3.8) is 0 Å². The zero-order valence-corrected chi connectivity index (χ0v) is 11.7. The fourth-order valence-corrected chi connectivity index (χ4v) is 1.87. The molecular weight excluding hydrogens is 248 g/mol. The zero-order valence-electron chi connectivity index (χ0n) is 11.7. The SMILES string of the molecule is CN(C)c1ccc(/C=C/C(=O)c2ccccc2N)cc1. The summed E-state index contributed by atoms with van der Waals surface area (Å²) in [5.74, 6) is -0.0835. The van der Waals surface area contributed by atoms with Gasteiger partial charge in [0.1, 0.15) is 0 Å². The normalized spacial score (nSPS) is 10.7. The minimum Gasteiger partial charge on any atom is -0.398 e. The Morgan fingerprint density at radius 3 is 2.30 bits per heavy atom. The number of rotatable bonds is 4. The van der Waals surface area contributed by atoms with E-state index in [2.05, 4.69) is 0 Å². The van der Waals surface area contributed by atoms with Crippen LogP contribution in [0.2, 0.25) is 0 Å². The Morgan fingerprint density at radius 2 is 1.70 bits per heavy atom. The lowest BCUT2D eigenvalue weighted by atomic mass is 10.1. The smallest absolute Gasteiger partial charge is 0.187 e. The van der Waals surface area contributed by atoms with Gasteiger partial charge in [0.15, 0.2) is 5.78 Å². The average molecular weight is 266 g/mol. The highest BCUT2D eigenvalue weighted by Crippen LogP contribution is 2.15. The van der Waals surface area contributed by atoms with Crippen molar-refractivity contribution in [2.45, 2.75) is 0 Å². The number of anilines is 2. The van der Waals surface area contributed by atoms with Crippen molar-refractivity contribution in [1.29, 1.82) is 0 Å². The van der Waals surface area contributed by atoms with Gasteiger partial charge in [0.05, 0.1) is 0 Å². The number of nitrogens with two attached hydrogens (primary N) is 1. The second-order valence-corrected chi connectivity index (χ2v) is 4.77. The molecule has 3 nitrogen and oxygen atoms in total. The largest absolute Gasteiger partial charge is 0.398 e. The van der Waals surface area contributed by atoms with Gasteiger partial charge in [-0.1, -0.05) is 30.3 Å². The van der Waals surface area contributed by atoms with Gasteiger partial charge in [0.2, 0.25) is 0 Å². The molecule has 3 heteroatoms. The summed E-state index contributed by atoms with van der Waals surface area (Å²) in [6, 6.07) is 15.1. The van der Waals surface area contributed by atoms with E-state index in [9.17, 15) is 4.79 Å². The molecule has 2 rings (SSSR count). The number of hydrogen-bond acceptors (Lipinski definition) is 3. The molecule has 0 bridgehead atoms. The molecule has 0 aliphatic rings. The highest BCUT2D eigenvalue weighted by molar-refractivity contribution is 6.10. The molecule has 2 aromatic rings. The number of hydrogen-bond donors (Lipinski definition) is 1. The number of carbonyl (C=O) groups is 1. The van der Waals surface area contributed by atoms with Gasteiger partial charge in [0, 0.05) is 31.0 Å². The topological polar surface area (TPSA) is 46.3 Å². The van der Waals surface area contributed by atoms with Crippen LogP contribution in [0.25, 0.3) is 6.08 Å². The Labute approximate surface area is 119 Å². The van der Waals surface area contributed by atoms with E-state index in [4.69, 9.17) is 5.73 Å². The molecule has 2 N–H and O–H groups in total. The summed E-state index contributed by atoms with van der Waals surface area (Å²) in [5, 5.41) is 0. The Morgan fingerprint density at radius 1 is 1.05 bits per heavy atom. The van der Waals surface area contributed by atoms with Gasteiger partial charge >= 0.3 is 0 Å². The monoisotopic (exact) mass is 266 g/mol. The maximum Gasteiger partial charge on any atom is 0.187 e. The first-order chi connectivity index (χ1) is 9.58. The minimum absolute atomic E-state index is 0.0835. The van der Waals surface area contributed by atoms with Gasteiger partial charge in [-0.2, -0.15) is 0 Å². The lowest BCUT2D eigenvalue weighted by molar-refractivity contribution is 0.104. The summed E-state index contributed by atoms with van der Waals surface area (Å²) < 4.78 is 0. The summed E-state index contributed by atoms with van der Waals surface area (Å²) in [6.07, 6.45) is 3.35. The maximum absolute atomic E-state index is 12.0. The molecule has 0 aliphatic heterocycles. The minimum atomic E-state index is -0.0835. The number of nitrogen functional groups attached to an aromatic ring is 1. The van der Waals surface area contributed by atoms with Gasteiger partial charge in [-0.15, -0.1) is 0 Å². The molecular formula is C17H18N2O. The van der Waals surface area contributed by atoms with E-state index in [1.54, 1.807) is 24.3 Å². The molecule has 0 aliphatic carbocycles. The van der Waals surface area contributed by atoms with Crippen LogP contribution in [0.4, 0.5) is 11.4 Å². The first-order valence-corrected chi connectivity index (χ1v) is 6.42. The first-order valence-electron chi connectivity index (χ1n) is 6.42. The van der Waals surface area contributed by atoms with E-state index >= 15 is 0 Å². The van der Waals surface area contributed by atoms with E-state index in [0.717, 1.165) is 11.3 Å². The predicted molar refractivity (Wildman–Crippen MR) is 85.0 cm³/mol. The van der Waals surface area contributed by atoms with Crippen LogP contribution in [0.15, 0.2) is 54.6 Å². The third-order valence-corrected chi connectivity index (χ3v) is 3.06. The summed E-state index contributed by atoms with van der Waals surface area (Å²) in [5.41, 5.74) is 8.93. The van der Waals surface area contributed by atoms with Gasteiger partial charge < -0.3 is 10.6 Å². The van der Waals surface area contributed by atoms with Crippen molar-refractivity contribution in [3.05, 3.63) is 65.7 Å². The van der Waals surface area contributed by atoms with Crippen molar-refractivity contribution >= 4 is 23.2 Å². The molecule has 0 saturated carbocycles. The van der Waals surface area contributed by atoms with Gasteiger partial charge in [-0.3, -0.25) is 4.79 Å². The predicted octanol–water partition coefficient (Wildman–Crippen LogP) is 3.23. The summed E-state index contributed by atoms with van der Waals surface area (Å²) in [7, 11) is 3.99. The van der Waals surface area contributed by atoms with Gasteiger partial charge in [0.25, 0.3) is 0 Å². The fraction of sp³-hybridized carbons (Fsp3) is 0.118. The van der Waals surface area contributed by atoms with Crippen LogP contribution in [-0.4, -0.2) is 19.9 Å². The van der Waals surface area contributed by atoms with E-state index in [0.29, 0.717) is 11.3 Å². The van der Waals surface area contributed by atoms with Crippen molar-refractivity contribution in [3.8, 4) is 0 Å². The highest BCUT2D eigenvalue weighted by atomic mass is 16.1. The molecule has 20 heavy (non-hydrogen) atoms. The van der Waals surface area contributed by atoms with E-state index in [1.807, 2.05) is 55.4 Å². The van der Waals surface area contributed by atoms with Gasteiger partial charge in [-0.05, 0) is 35.9 Å². The zero-order chi connectivity index (χ0) is 14.5. The fourth-order valence-electron chi connectivity index (χ4n) is 1.87. The average Bonchev–Trinajstić information content (AvgIpc) is 2.45. The van der Waals surface area contributed by atoms with Crippen LogP contribution in [0.1, 0.15) is 15.9 Å². The summed E-state index contributed by atoms with van der Waals surface area (Å²) in [6.45, 7) is 0. The van der Waals surface area contributed by atoms with Crippen LogP contribution in [0.5, 0.6) is 0 Å². The maximum atomic E-state index is 12.0. The van der Waals surface area contributed by atoms with Crippen LogP contribution in [0.3, 0.4) is 0 Å². The van der Waals surface area contributed by atoms with E-state index < -0.39 is 0 Å². The van der Waals surface area contributed by atoms with Crippen LogP contribution in [-0.2, 0) is 0 Å². The second kappa shape index (κ2) is 6.06. The summed E-state index contributed by atoms with van der Waals surface area (Å²) in [4.78, 5) is 14.1.